The Morgan fingerprint density at radius 1 is 1.11 bits per heavy atom. The maximum absolute atomic E-state index is 9.89. The maximum atomic E-state index is 9.89. The van der Waals surface area contributed by atoms with Crippen LogP contribution in [0.3, 0.4) is 0 Å². The summed E-state index contributed by atoms with van der Waals surface area (Å²) < 4.78 is 5.46. The van der Waals surface area contributed by atoms with E-state index in [2.05, 4.69) is 28.3 Å². The summed E-state index contributed by atoms with van der Waals surface area (Å²) in [7, 11) is 0. The summed E-state index contributed by atoms with van der Waals surface area (Å²) in [5, 5.41) is 13.4. The van der Waals surface area contributed by atoms with E-state index in [4.69, 9.17) is 9.72 Å². The van der Waals surface area contributed by atoms with E-state index in [1.54, 1.807) is 36.8 Å². The standard InChI is InChI=1S/C21H24N4O2/c1-3-6-17(16-7-5-10-22-12-16)24-21-14-23-13-18(25-21)15-8-9-19(26)20(11-15)27-4-2/h5,7-14,17,26H,3-4,6H2,1-2H3,(H,24,25). The Balaban J connectivity index is 1.86. The first-order valence-electron chi connectivity index (χ1n) is 9.16. The Kier molecular flexibility index (Phi) is 6.20. The van der Waals surface area contributed by atoms with Gasteiger partial charge in [-0.05, 0) is 43.2 Å². The fraction of sp³-hybridized carbons (Fsp3) is 0.286. The Labute approximate surface area is 159 Å². The zero-order valence-electron chi connectivity index (χ0n) is 15.6. The molecular weight excluding hydrogens is 340 g/mol. The lowest BCUT2D eigenvalue weighted by atomic mass is 10.0. The van der Waals surface area contributed by atoms with Crippen LogP contribution < -0.4 is 10.1 Å². The molecule has 0 fully saturated rings. The Morgan fingerprint density at radius 2 is 2.00 bits per heavy atom. The number of hydrogen-bond acceptors (Lipinski definition) is 6. The van der Waals surface area contributed by atoms with E-state index in [9.17, 15) is 5.11 Å². The third-order valence-corrected chi connectivity index (χ3v) is 4.18. The van der Waals surface area contributed by atoms with Crippen molar-refractivity contribution in [2.75, 3.05) is 11.9 Å². The second kappa shape index (κ2) is 8.98. The van der Waals surface area contributed by atoms with Crippen LogP contribution in [0.15, 0.2) is 55.1 Å². The number of ether oxygens (including phenoxy) is 1. The number of pyridine rings is 1. The summed E-state index contributed by atoms with van der Waals surface area (Å²) in [5.74, 6) is 1.25. The molecule has 0 aliphatic carbocycles. The van der Waals surface area contributed by atoms with Gasteiger partial charge in [-0.25, -0.2) is 4.98 Å². The minimum Gasteiger partial charge on any atom is -0.504 e. The molecule has 0 radical (unpaired) electrons. The quantitative estimate of drug-likeness (QED) is 0.608. The molecule has 1 aromatic carbocycles. The van der Waals surface area contributed by atoms with Gasteiger partial charge < -0.3 is 15.2 Å². The maximum Gasteiger partial charge on any atom is 0.161 e. The molecule has 0 saturated heterocycles. The van der Waals surface area contributed by atoms with Crippen molar-refractivity contribution in [2.45, 2.75) is 32.7 Å². The molecule has 0 saturated carbocycles. The van der Waals surface area contributed by atoms with Crippen LogP contribution in [0.4, 0.5) is 5.82 Å². The van der Waals surface area contributed by atoms with E-state index in [1.807, 2.05) is 19.2 Å². The third-order valence-electron chi connectivity index (χ3n) is 4.18. The molecule has 6 heteroatoms. The van der Waals surface area contributed by atoms with Gasteiger partial charge in [0.1, 0.15) is 5.82 Å². The van der Waals surface area contributed by atoms with Crippen LogP contribution in [0.25, 0.3) is 11.3 Å². The number of anilines is 1. The highest BCUT2D eigenvalue weighted by atomic mass is 16.5. The van der Waals surface area contributed by atoms with Crippen LogP contribution in [0.1, 0.15) is 38.3 Å². The van der Waals surface area contributed by atoms with Crippen molar-refractivity contribution in [3.05, 3.63) is 60.7 Å². The average molecular weight is 364 g/mol. The van der Waals surface area contributed by atoms with Crippen LogP contribution in [0, 0.1) is 0 Å². The van der Waals surface area contributed by atoms with Crippen molar-refractivity contribution in [1.29, 1.82) is 0 Å². The minimum atomic E-state index is 0.113. The average Bonchev–Trinajstić information content (AvgIpc) is 2.70. The van der Waals surface area contributed by atoms with Gasteiger partial charge in [0.05, 0.1) is 30.7 Å². The number of hydrogen-bond donors (Lipinski definition) is 2. The van der Waals surface area contributed by atoms with Crippen molar-refractivity contribution < 1.29 is 9.84 Å². The molecule has 0 amide bonds. The number of benzene rings is 1. The summed E-state index contributed by atoms with van der Waals surface area (Å²) in [6.07, 6.45) is 9.06. The molecule has 3 aromatic rings. The summed E-state index contributed by atoms with van der Waals surface area (Å²) in [6, 6.07) is 9.30. The van der Waals surface area contributed by atoms with Crippen molar-refractivity contribution in [3.8, 4) is 22.8 Å². The molecule has 2 N–H and O–H groups in total. The third kappa shape index (κ3) is 4.73. The lowest BCUT2D eigenvalue weighted by Gasteiger charge is -2.19. The SMILES string of the molecule is CCCC(Nc1cncc(-c2ccc(O)c(OCC)c2)n1)c1cccnc1. The van der Waals surface area contributed by atoms with Gasteiger partial charge in [-0.1, -0.05) is 19.4 Å². The molecule has 6 nitrogen and oxygen atoms in total. The molecule has 2 heterocycles. The molecule has 1 atom stereocenters. The van der Waals surface area contributed by atoms with Crippen LogP contribution in [-0.4, -0.2) is 26.7 Å². The number of nitrogens with zero attached hydrogens (tertiary/aromatic N) is 3. The predicted molar refractivity (Wildman–Crippen MR) is 106 cm³/mol. The highest BCUT2D eigenvalue weighted by molar-refractivity contribution is 5.64. The van der Waals surface area contributed by atoms with Gasteiger partial charge in [-0.15, -0.1) is 0 Å². The van der Waals surface area contributed by atoms with Crippen molar-refractivity contribution in [2.24, 2.45) is 0 Å². The van der Waals surface area contributed by atoms with Gasteiger partial charge in [-0.3, -0.25) is 9.97 Å². The molecule has 0 spiro atoms. The zero-order valence-corrected chi connectivity index (χ0v) is 15.6. The van der Waals surface area contributed by atoms with E-state index in [-0.39, 0.29) is 11.8 Å². The fourth-order valence-corrected chi connectivity index (χ4v) is 2.89. The Bertz CT molecular complexity index is 871. The largest absolute Gasteiger partial charge is 0.504 e. The fourth-order valence-electron chi connectivity index (χ4n) is 2.89. The van der Waals surface area contributed by atoms with Crippen LogP contribution >= 0.6 is 0 Å². The summed E-state index contributed by atoms with van der Waals surface area (Å²) >= 11 is 0. The lowest BCUT2D eigenvalue weighted by Crippen LogP contribution is -2.12. The van der Waals surface area contributed by atoms with Crippen LogP contribution in [-0.2, 0) is 0 Å². The van der Waals surface area contributed by atoms with E-state index in [0.29, 0.717) is 23.9 Å². The van der Waals surface area contributed by atoms with Crippen LogP contribution in [0.2, 0.25) is 0 Å². The van der Waals surface area contributed by atoms with E-state index < -0.39 is 0 Å². The molecule has 27 heavy (non-hydrogen) atoms. The van der Waals surface area contributed by atoms with Gasteiger partial charge in [-0.2, -0.15) is 0 Å². The highest BCUT2D eigenvalue weighted by Crippen LogP contribution is 2.31. The normalized spacial score (nSPS) is 11.8. The molecule has 3 rings (SSSR count). The first-order valence-corrected chi connectivity index (χ1v) is 9.16. The highest BCUT2D eigenvalue weighted by Gasteiger charge is 2.13. The summed E-state index contributed by atoms with van der Waals surface area (Å²) in [4.78, 5) is 13.2. The molecule has 140 valence electrons. The van der Waals surface area contributed by atoms with Gasteiger partial charge in [0, 0.05) is 18.0 Å². The van der Waals surface area contributed by atoms with Gasteiger partial charge in [0.15, 0.2) is 11.5 Å². The summed E-state index contributed by atoms with van der Waals surface area (Å²) in [5.41, 5.74) is 2.66. The van der Waals surface area contributed by atoms with Gasteiger partial charge in [0.25, 0.3) is 0 Å². The lowest BCUT2D eigenvalue weighted by molar-refractivity contribution is 0.318. The van der Waals surface area contributed by atoms with E-state index in [0.717, 1.165) is 24.0 Å². The number of aromatic hydroxyl groups is 1. The second-order valence-corrected chi connectivity index (χ2v) is 6.18. The van der Waals surface area contributed by atoms with E-state index >= 15 is 0 Å². The van der Waals surface area contributed by atoms with Crippen LogP contribution in [0.5, 0.6) is 11.5 Å². The Hall–Kier alpha value is -3.15. The minimum absolute atomic E-state index is 0.113. The molecule has 1 unspecified atom stereocenters. The number of phenolic OH excluding ortho intramolecular Hbond substituents is 1. The smallest absolute Gasteiger partial charge is 0.161 e. The molecule has 0 bridgehead atoms. The van der Waals surface area contributed by atoms with E-state index in [1.165, 1.54) is 0 Å². The van der Waals surface area contributed by atoms with Gasteiger partial charge in [0.2, 0.25) is 0 Å². The molecule has 2 aromatic heterocycles. The number of rotatable bonds is 8. The van der Waals surface area contributed by atoms with Crippen molar-refractivity contribution in [1.82, 2.24) is 15.0 Å². The van der Waals surface area contributed by atoms with Crippen molar-refractivity contribution >= 4 is 5.82 Å². The second-order valence-electron chi connectivity index (χ2n) is 6.18. The topological polar surface area (TPSA) is 80.2 Å². The predicted octanol–water partition coefficient (Wildman–Crippen LogP) is 4.60. The Morgan fingerprint density at radius 3 is 2.74 bits per heavy atom. The summed E-state index contributed by atoms with van der Waals surface area (Å²) in [6.45, 7) is 4.51. The molecule has 0 aliphatic rings. The number of aromatic nitrogens is 3. The van der Waals surface area contributed by atoms with Crippen molar-refractivity contribution in [3.63, 3.8) is 0 Å². The molecular formula is C21H24N4O2. The number of phenols is 1. The molecule has 0 aliphatic heterocycles. The zero-order chi connectivity index (χ0) is 19.1. The number of nitrogens with one attached hydrogen (secondary N) is 1. The first-order chi connectivity index (χ1) is 13.2. The monoisotopic (exact) mass is 364 g/mol. The van der Waals surface area contributed by atoms with Gasteiger partial charge >= 0.3 is 0 Å². The first kappa shape index (κ1) is 18.6.